The van der Waals surface area contributed by atoms with E-state index in [0.29, 0.717) is 19.4 Å². The van der Waals surface area contributed by atoms with Crippen LogP contribution in [-0.4, -0.2) is 47.4 Å². The van der Waals surface area contributed by atoms with Crippen LogP contribution in [0.25, 0.3) is 0 Å². The van der Waals surface area contributed by atoms with Crippen molar-refractivity contribution in [3.05, 3.63) is 24.3 Å². The summed E-state index contributed by atoms with van der Waals surface area (Å²) in [5.41, 5.74) is 0. The Labute approximate surface area is 494 Å². The van der Waals surface area contributed by atoms with Gasteiger partial charge in [-0.05, 0) is 57.8 Å². The normalized spacial score (nSPS) is 12.6. The molecular weight excluding hydrogens is 971 g/mol. The van der Waals surface area contributed by atoms with Gasteiger partial charge in [-0.25, -0.2) is 0 Å². The highest BCUT2D eigenvalue weighted by Gasteiger charge is 2.18. The molecule has 0 radical (unpaired) electrons. The highest BCUT2D eigenvalue weighted by atomic mass is 16.5. The van der Waals surface area contributed by atoms with Crippen LogP contribution < -0.4 is 5.32 Å². The number of unbranched alkanes of at least 4 members (excludes halogenated alkanes) is 55. The molecule has 0 rings (SSSR count). The van der Waals surface area contributed by atoms with Crippen LogP contribution in [0.15, 0.2) is 24.3 Å². The van der Waals surface area contributed by atoms with Crippen LogP contribution in [0.4, 0.5) is 0 Å². The third-order valence-electron chi connectivity index (χ3n) is 17.0. The van der Waals surface area contributed by atoms with E-state index >= 15 is 0 Å². The number of ether oxygens (including phenoxy) is 1. The van der Waals surface area contributed by atoms with Gasteiger partial charge in [0.15, 0.2) is 0 Å². The van der Waals surface area contributed by atoms with Crippen molar-refractivity contribution in [3.8, 4) is 0 Å². The van der Waals surface area contributed by atoms with Gasteiger partial charge in [0.2, 0.25) is 5.91 Å². The lowest BCUT2D eigenvalue weighted by Gasteiger charge is -2.20. The average Bonchev–Trinajstić information content (AvgIpc) is 3.45. The van der Waals surface area contributed by atoms with Gasteiger partial charge >= 0.3 is 5.97 Å². The molecule has 1 amide bonds. The Hall–Kier alpha value is -1.66. The lowest BCUT2D eigenvalue weighted by molar-refractivity contribution is -0.143. The molecule has 2 atom stereocenters. The number of carbonyl (C=O) groups is 2. The molecule has 0 aromatic rings. The first-order chi connectivity index (χ1) is 39.0. The van der Waals surface area contributed by atoms with Crippen LogP contribution in [0.1, 0.15) is 406 Å². The summed E-state index contributed by atoms with van der Waals surface area (Å²) in [6.07, 6.45) is 86.9. The molecule has 0 aliphatic carbocycles. The number of carbonyl (C=O) groups excluding carboxylic acids is 2. The van der Waals surface area contributed by atoms with Crippen LogP contribution in [0.2, 0.25) is 0 Å². The van der Waals surface area contributed by atoms with Gasteiger partial charge in [0.25, 0.3) is 0 Å². The largest absolute Gasteiger partial charge is 0.466 e. The molecule has 3 N–H and O–H groups in total. The lowest BCUT2D eigenvalue weighted by Crippen LogP contribution is -2.45. The highest BCUT2D eigenvalue weighted by molar-refractivity contribution is 5.76. The highest BCUT2D eigenvalue weighted by Crippen LogP contribution is 2.19. The molecule has 0 aromatic heterocycles. The van der Waals surface area contributed by atoms with Crippen molar-refractivity contribution in [2.75, 3.05) is 13.2 Å². The minimum atomic E-state index is -0.842. The van der Waals surface area contributed by atoms with Crippen LogP contribution in [0, 0.1) is 0 Å². The van der Waals surface area contributed by atoms with Crippen molar-refractivity contribution < 1.29 is 24.5 Å². The molecule has 0 aliphatic heterocycles. The second-order valence-corrected chi connectivity index (χ2v) is 24.9. The predicted octanol–water partition coefficient (Wildman–Crippen LogP) is 23.3. The molecule has 0 spiro atoms. The van der Waals surface area contributed by atoms with Crippen molar-refractivity contribution in [1.29, 1.82) is 0 Å². The molecule has 468 valence electrons. The number of hydrogen-bond acceptors (Lipinski definition) is 5. The van der Waals surface area contributed by atoms with Crippen LogP contribution in [0.3, 0.4) is 0 Å². The molecule has 0 fully saturated rings. The van der Waals surface area contributed by atoms with Crippen molar-refractivity contribution in [1.82, 2.24) is 5.32 Å². The zero-order valence-corrected chi connectivity index (χ0v) is 53.6. The number of esters is 1. The first-order valence-electron chi connectivity index (χ1n) is 36.1. The van der Waals surface area contributed by atoms with E-state index in [0.717, 1.165) is 44.9 Å². The van der Waals surface area contributed by atoms with Gasteiger partial charge < -0.3 is 20.3 Å². The van der Waals surface area contributed by atoms with E-state index in [2.05, 4.69) is 31.3 Å². The summed E-state index contributed by atoms with van der Waals surface area (Å²) in [5.74, 6) is -0.0493. The molecule has 0 aliphatic rings. The summed E-state index contributed by atoms with van der Waals surface area (Å²) in [5, 5.41) is 23.2. The third-order valence-corrected chi connectivity index (χ3v) is 17.0. The SMILES string of the molecule is CCCCCCC/C=C\CCCCCCCC(=O)OCCCCCCCCCCCCCCCCCCCCCCCCCCCCCCCC(=O)NC(CO)C(O)/C=C/CCCCCCCCCCCCCCCCCCC. The topological polar surface area (TPSA) is 95.9 Å². The zero-order valence-electron chi connectivity index (χ0n) is 53.6. The van der Waals surface area contributed by atoms with Crippen molar-refractivity contribution in [3.63, 3.8) is 0 Å². The van der Waals surface area contributed by atoms with Crippen molar-refractivity contribution in [2.24, 2.45) is 0 Å². The van der Waals surface area contributed by atoms with E-state index in [1.165, 1.54) is 334 Å². The molecule has 0 saturated carbocycles. The number of aliphatic hydroxyl groups excluding tert-OH is 2. The fraction of sp³-hybridized carbons (Fsp3) is 0.918. The van der Waals surface area contributed by atoms with Crippen LogP contribution in [0.5, 0.6) is 0 Å². The van der Waals surface area contributed by atoms with Gasteiger partial charge in [0.05, 0.1) is 25.4 Å². The standard InChI is InChI=1S/C73H141NO5/c1-3-5-7-9-11-13-15-17-19-20-32-35-38-41-45-49-53-57-61-65-71(76)70(69-75)74-72(77)66-62-58-54-50-46-42-39-36-33-30-28-26-24-22-21-23-25-27-29-31-34-37-40-44-48-52-56-60-64-68-79-73(78)67-63-59-55-51-47-43-18-16-14-12-10-8-6-4-2/h16,18,61,65,70-71,75-76H,3-15,17,19-60,62-64,66-69H2,1-2H3,(H,74,77)/b18-16-,65-61+. The van der Waals surface area contributed by atoms with Crippen LogP contribution >= 0.6 is 0 Å². The maximum atomic E-state index is 12.5. The lowest BCUT2D eigenvalue weighted by atomic mass is 10.0. The minimum Gasteiger partial charge on any atom is -0.466 e. The van der Waals surface area contributed by atoms with Gasteiger partial charge in [0, 0.05) is 12.8 Å². The minimum absolute atomic E-state index is 0.0113. The number of rotatable bonds is 68. The Morgan fingerprint density at radius 1 is 0.342 bits per heavy atom. The summed E-state index contributed by atoms with van der Waals surface area (Å²) in [7, 11) is 0. The van der Waals surface area contributed by atoms with Gasteiger partial charge in [-0.3, -0.25) is 9.59 Å². The van der Waals surface area contributed by atoms with Gasteiger partial charge in [-0.2, -0.15) is 0 Å². The Bertz CT molecular complexity index is 1230. The Morgan fingerprint density at radius 3 is 0.899 bits per heavy atom. The number of amides is 1. The summed E-state index contributed by atoms with van der Waals surface area (Å²) in [6.45, 7) is 4.93. The molecule has 0 bridgehead atoms. The maximum absolute atomic E-state index is 12.5. The fourth-order valence-electron chi connectivity index (χ4n) is 11.5. The molecule has 0 heterocycles. The molecule has 79 heavy (non-hydrogen) atoms. The van der Waals surface area contributed by atoms with E-state index < -0.39 is 12.1 Å². The molecule has 0 aromatic carbocycles. The number of allylic oxidation sites excluding steroid dienone is 3. The van der Waals surface area contributed by atoms with Gasteiger partial charge in [0.1, 0.15) is 0 Å². The monoisotopic (exact) mass is 1110 g/mol. The first-order valence-corrected chi connectivity index (χ1v) is 36.1. The second-order valence-electron chi connectivity index (χ2n) is 24.9. The molecule has 0 saturated heterocycles. The van der Waals surface area contributed by atoms with E-state index in [9.17, 15) is 19.8 Å². The summed E-state index contributed by atoms with van der Waals surface area (Å²) in [4.78, 5) is 24.6. The van der Waals surface area contributed by atoms with E-state index in [1.807, 2.05) is 6.08 Å². The van der Waals surface area contributed by atoms with Gasteiger partial charge in [-0.1, -0.05) is 359 Å². The van der Waals surface area contributed by atoms with E-state index in [4.69, 9.17) is 4.74 Å². The van der Waals surface area contributed by atoms with Crippen LogP contribution in [-0.2, 0) is 14.3 Å². The molecule has 6 nitrogen and oxygen atoms in total. The number of nitrogens with one attached hydrogen (secondary N) is 1. The third kappa shape index (κ3) is 65.4. The van der Waals surface area contributed by atoms with Crippen molar-refractivity contribution >= 4 is 11.9 Å². The van der Waals surface area contributed by atoms with Gasteiger partial charge in [-0.15, -0.1) is 0 Å². The van der Waals surface area contributed by atoms with Crippen molar-refractivity contribution in [2.45, 2.75) is 418 Å². The Morgan fingerprint density at radius 2 is 0.595 bits per heavy atom. The fourth-order valence-corrected chi connectivity index (χ4v) is 11.5. The first kappa shape index (κ1) is 77.3. The zero-order chi connectivity index (χ0) is 57.1. The number of aliphatic hydroxyl groups is 2. The Balaban J connectivity index is 3.36. The summed E-state index contributed by atoms with van der Waals surface area (Å²) < 4.78 is 5.49. The summed E-state index contributed by atoms with van der Waals surface area (Å²) >= 11 is 0. The smallest absolute Gasteiger partial charge is 0.305 e. The molecular formula is C73H141NO5. The molecule has 2 unspecified atom stereocenters. The molecule has 6 heteroatoms. The average molecular weight is 1110 g/mol. The maximum Gasteiger partial charge on any atom is 0.305 e. The quantitative estimate of drug-likeness (QED) is 0.0320. The summed E-state index contributed by atoms with van der Waals surface area (Å²) in [6, 6.07) is -0.625. The second kappa shape index (κ2) is 68.8. The van der Waals surface area contributed by atoms with E-state index in [-0.39, 0.29) is 18.5 Å². The number of hydrogen-bond donors (Lipinski definition) is 3. The Kier molecular flexibility index (Phi) is 67.4. The predicted molar refractivity (Wildman–Crippen MR) is 347 cm³/mol. The van der Waals surface area contributed by atoms with E-state index in [1.54, 1.807) is 6.08 Å².